The van der Waals surface area contributed by atoms with Crippen LogP contribution >= 0.6 is 0 Å². The zero-order valence-corrected chi connectivity index (χ0v) is 20.8. The Morgan fingerprint density at radius 1 is 1.14 bits per heavy atom. The number of hydrogen-bond acceptors (Lipinski definition) is 5. The van der Waals surface area contributed by atoms with Crippen LogP contribution in [0.25, 0.3) is 22.2 Å². The molecule has 5 rings (SSSR count). The summed E-state index contributed by atoms with van der Waals surface area (Å²) in [5.74, 6) is 1.32. The van der Waals surface area contributed by atoms with Crippen LogP contribution < -0.4 is 15.8 Å². The van der Waals surface area contributed by atoms with Gasteiger partial charge < -0.3 is 24.5 Å². The molecule has 0 unspecified atom stereocenters. The van der Waals surface area contributed by atoms with Crippen LogP contribution in [0.5, 0.6) is 5.75 Å². The maximum absolute atomic E-state index is 12.2. The number of nitrogen functional groups attached to an aromatic ring is 1. The van der Waals surface area contributed by atoms with Crippen LogP contribution in [-0.4, -0.2) is 36.1 Å². The minimum atomic E-state index is -0.413. The Morgan fingerprint density at radius 3 is 2.57 bits per heavy atom. The fourth-order valence-electron chi connectivity index (χ4n) is 4.89. The normalized spacial score (nSPS) is 18.7. The van der Waals surface area contributed by atoms with Gasteiger partial charge in [-0.05, 0) is 76.6 Å². The minimum absolute atomic E-state index is 0.0459. The van der Waals surface area contributed by atoms with Crippen LogP contribution in [0.4, 0.5) is 16.2 Å². The number of benzene rings is 2. The number of fused-ring (bicyclic) bond motifs is 1. The van der Waals surface area contributed by atoms with Gasteiger partial charge in [0.2, 0.25) is 0 Å². The summed E-state index contributed by atoms with van der Waals surface area (Å²) in [6, 6.07) is 14.0. The van der Waals surface area contributed by atoms with Crippen LogP contribution in [0.15, 0.2) is 42.5 Å². The molecule has 35 heavy (non-hydrogen) atoms. The number of hydrogen-bond donors (Lipinski definition) is 2. The first-order chi connectivity index (χ1) is 16.9. The number of rotatable bonds is 8. The van der Waals surface area contributed by atoms with E-state index in [1.54, 1.807) is 0 Å². The summed E-state index contributed by atoms with van der Waals surface area (Å²) in [7, 11) is 0. The summed E-state index contributed by atoms with van der Waals surface area (Å²) in [5.41, 5.74) is 11.1. The first-order valence-electron chi connectivity index (χ1n) is 12.7. The highest BCUT2D eigenvalue weighted by Gasteiger charge is 2.30. The molecule has 1 aliphatic carbocycles. The highest BCUT2D eigenvalue weighted by molar-refractivity contribution is 6.01. The smallest absolute Gasteiger partial charge is 0.411 e. The molecule has 1 saturated carbocycles. The van der Waals surface area contributed by atoms with Crippen LogP contribution in [0, 0.1) is 5.92 Å². The molecule has 0 bridgehead atoms. The molecule has 2 atom stereocenters. The molecule has 0 radical (unpaired) electrons. The van der Waals surface area contributed by atoms with E-state index in [2.05, 4.69) is 29.8 Å². The number of nitrogens with two attached hydrogens (primary N) is 1. The Labute approximate surface area is 206 Å². The Morgan fingerprint density at radius 2 is 1.91 bits per heavy atom. The van der Waals surface area contributed by atoms with E-state index in [0.717, 1.165) is 65.9 Å². The molecule has 2 heterocycles. The molecule has 0 spiro atoms. The zero-order chi connectivity index (χ0) is 24.5. The van der Waals surface area contributed by atoms with Gasteiger partial charge in [-0.3, -0.25) is 5.32 Å². The Kier molecular flexibility index (Phi) is 6.60. The summed E-state index contributed by atoms with van der Waals surface area (Å²) in [5, 5.41) is 3.83. The number of nitrogens with zero attached hydrogens (tertiary/aromatic N) is 1. The molecule has 3 aromatic rings. The average molecular weight is 478 g/mol. The highest BCUT2D eigenvalue weighted by atomic mass is 16.6. The van der Waals surface area contributed by atoms with E-state index >= 15 is 0 Å². The van der Waals surface area contributed by atoms with Gasteiger partial charge in [0.1, 0.15) is 18.5 Å². The van der Waals surface area contributed by atoms with Crippen LogP contribution in [-0.2, 0) is 9.47 Å². The van der Waals surface area contributed by atoms with E-state index in [-0.39, 0.29) is 18.2 Å². The Balaban J connectivity index is 1.37. The maximum Gasteiger partial charge on any atom is 0.411 e. The van der Waals surface area contributed by atoms with E-state index < -0.39 is 6.09 Å². The van der Waals surface area contributed by atoms with Crippen molar-refractivity contribution in [2.75, 3.05) is 24.3 Å². The Hall–Kier alpha value is -3.19. The van der Waals surface area contributed by atoms with Gasteiger partial charge in [0.05, 0.1) is 23.0 Å². The first kappa shape index (κ1) is 23.5. The molecule has 1 amide bonds. The van der Waals surface area contributed by atoms with Crippen molar-refractivity contribution in [1.29, 1.82) is 0 Å². The fraction of sp³-hybridized carbons (Fsp3) is 0.464. The topological polar surface area (TPSA) is 87.7 Å². The largest absolute Gasteiger partial charge is 0.491 e. The predicted molar refractivity (Wildman–Crippen MR) is 139 cm³/mol. The van der Waals surface area contributed by atoms with Crippen molar-refractivity contribution < 1.29 is 19.0 Å². The molecule has 2 fully saturated rings. The molecule has 1 aliphatic heterocycles. The number of ether oxygens (including phenoxy) is 3. The van der Waals surface area contributed by atoms with E-state index in [0.29, 0.717) is 18.2 Å². The van der Waals surface area contributed by atoms with E-state index in [1.807, 2.05) is 43.3 Å². The second kappa shape index (κ2) is 9.82. The molecule has 186 valence electrons. The predicted octanol–water partition coefficient (Wildman–Crippen LogP) is 6.38. The molecule has 7 nitrogen and oxygen atoms in total. The third-order valence-electron chi connectivity index (χ3n) is 6.97. The van der Waals surface area contributed by atoms with Gasteiger partial charge in [0, 0.05) is 35.4 Å². The lowest BCUT2D eigenvalue weighted by Crippen LogP contribution is -2.21. The highest BCUT2D eigenvalue weighted by Crippen LogP contribution is 2.40. The maximum atomic E-state index is 12.2. The average Bonchev–Trinajstić information content (AvgIpc) is 3.48. The zero-order valence-electron chi connectivity index (χ0n) is 20.8. The number of aromatic nitrogens is 1. The van der Waals surface area contributed by atoms with Crippen molar-refractivity contribution in [1.82, 2.24) is 4.57 Å². The number of carbonyl (C=O) groups excluding carboxylic acids is 1. The molecule has 2 aliphatic rings. The number of amides is 1. The molecule has 2 aromatic carbocycles. The first-order valence-corrected chi connectivity index (χ1v) is 12.7. The lowest BCUT2D eigenvalue weighted by Gasteiger charge is -2.17. The minimum Gasteiger partial charge on any atom is -0.491 e. The molecular formula is C28H35N3O4. The van der Waals surface area contributed by atoms with Crippen molar-refractivity contribution in [2.45, 2.75) is 64.7 Å². The van der Waals surface area contributed by atoms with Crippen LogP contribution in [0.1, 0.15) is 52.5 Å². The molecular weight excluding hydrogens is 442 g/mol. The van der Waals surface area contributed by atoms with Gasteiger partial charge in [-0.1, -0.05) is 12.1 Å². The van der Waals surface area contributed by atoms with Crippen LogP contribution in [0.2, 0.25) is 0 Å². The van der Waals surface area contributed by atoms with Gasteiger partial charge in [-0.25, -0.2) is 4.79 Å². The molecule has 1 aromatic heterocycles. The third kappa shape index (κ3) is 5.10. The van der Waals surface area contributed by atoms with E-state index in [4.69, 9.17) is 19.9 Å². The Bertz CT molecular complexity index is 1190. The van der Waals surface area contributed by atoms with Crippen molar-refractivity contribution >= 4 is 28.4 Å². The SMILES string of the molecule is CC(C)n1c(-c2ccc(NC(=O)O[C@H](C)C3CC3)cc2)c(N)c2ccc(OC[C@H]3CCCO3)cc21. The van der Waals surface area contributed by atoms with Gasteiger partial charge in [0.25, 0.3) is 0 Å². The molecule has 7 heteroatoms. The summed E-state index contributed by atoms with van der Waals surface area (Å²) in [6.45, 7) is 7.63. The summed E-state index contributed by atoms with van der Waals surface area (Å²) < 4.78 is 19.5. The summed E-state index contributed by atoms with van der Waals surface area (Å²) in [6.07, 6.45) is 4.12. The standard InChI is InChI=1S/C28H35N3O4/c1-17(2)31-25-15-22(34-16-23-5-4-14-33-23)12-13-24(25)26(29)27(31)20-8-10-21(11-9-20)30-28(32)35-18(3)19-6-7-19/h8-13,15,17-19,23H,4-7,14,16,29H2,1-3H3,(H,30,32)/t18-,23-/m1/s1. The van der Waals surface area contributed by atoms with Crippen molar-refractivity contribution in [3.8, 4) is 17.0 Å². The second-order valence-corrected chi connectivity index (χ2v) is 10.0. The number of carbonyl (C=O) groups is 1. The van der Waals surface area contributed by atoms with Crippen molar-refractivity contribution in [2.24, 2.45) is 5.92 Å². The lowest BCUT2D eigenvalue weighted by atomic mass is 10.1. The van der Waals surface area contributed by atoms with Gasteiger partial charge in [0.15, 0.2) is 0 Å². The van der Waals surface area contributed by atoms with Gasteiger partial charge in [-0.2, -0.15) is 0 Å². The molecule has 3 N–H and O–H groups in total. The number of nitrogens with one attached hydrogen (secondary N) is 1. The van der Waals surface area contributed by atoms with E-state index in [9.17, 15) is 4.79 Å². The van der Waals surface area contributed by atoms with E-state index in [1.165, 1.54) is 0 Å². The second-order valence-electron chi connectivity index (χ2n) is 10.0. The van der Waals surface area contributed by atoms with Crippen LogP contribution in [0.3, 0.4) is 0 Å². The lowest BCUT2D eigenvalue weighted by molar-refractivity contribution is 0.0680. The summed E-state index contributed by atoms with van der Waals surface area (Å²) >= 11 is 0. The van der Waals surface area contributed by atoms with Crippen molar-refractivity contribution in [3.05, 3.63) is 42.5 Å². The third-order valence-corrected chi connectivity index (χ3v) is 6.97. The van der Waals surface area contributed by atoms with Crippen molar-refractivity contribution in [3.63, 3.8) is 0 Å². The number of anilines is 2. The monoisotopic (exact) mass is 477 g/mol. The molecule has 1 saturated heterocycles. The fourth-order valence-corrected chi connectivity index (χ4v) is 4.89. The summed E-state index contributed by atoms with van der Waals surface area (Å²) in [4.78, 5) is 12.2. The van der Waals surface area contributed by atoms with Gasteiger partial charge >= 0.3 is 6.09 Å². The quantitative estimate of drug-likeness (QED) is 0.393. The van der Waals surface area contributed by atoms with Gasteiger partial charge in [-0.15, -0.1) is 0 Å².